The largest absolute Gasteiger partial charge is 0.463 e. The molecule has 2 aliphatic carbocycles. The van der Waals surface area contributed by atoms with Crippen LogP contribution in [0.4, 0.5) is 0 Å². The van der Waals surface area contributed by atoms with Crippen LogP contribution in [-0.4, -0.2) is 12.6 Å². The molecule has 2 heteroatoms. The van der Waals surface area contributed by atoms with Crippen molar-refractivity contribution in [2.45, 2.75) is 84.5 Å². The molecule has 2 nitrogen and oxygen atoms in total. The first kappa shape index (κ1) is 18.5. The molecule has 132 valence electrons. The maximum Gasteiger partial charge on any atom is 0.330 e. The second kappa shape index (κ2) is 10.2. The molecule has 2 aliphatic rings. The van der Waals surface area contributed by atoms with Crippen LogP contribution >= 0.6 is 0 Å². The molecule has 0 radical (unpaired) electrons. The number of carbonyl (C=O) groups is 1. The molecule has 0 aromatic carbocycles. The molecule has 0 atom stereocenters. The third-order valence-electron chi connectivity index (χ3n) is 6.02. The maximum absolute atomic E-state index is 11.5. The SMILES string of the molecule is CCCOC(=O)C=CC1CCC(C2CCC(CCC)CC2)CC1. The minimum absolute atomic E-state index is 0.164. The normalized spacial score (nSPS) is 32.1. The smallest absolute Gasteiger partial charge is 0.330 e. The van der Waals surface area contributed by atoms with Crippen molar-refractivity contribution in [1.29, 1.82) is 0 Å². The van der Waals surface area contributed by atoms with Crippen LogP contribution in [0.25, 0.3) is 0 Å². The highest BCUT2D eigenvalue weighted by molar-refractivity contribution is 5.81. The molecule has 2 fully saturated rings. The lowest BCUT2D eigenvalue weighted by molar-refractivity contribution is -0.137. The Bertz CT molecular complexity index is 358. The van der Waals surface area contributed by atoms with Crippen molar-refractivity contribution in [2.24, 2.45) is 23.7 Å². The van der Waals surface area contributed by atoms with E-state index < -0.39 is 0 Å². The van der Waals surface area contributed by atoms with Gasteiger partial charge < -0.3 is 4.74 Å². The fourth-order valence-corrected chi connectivity index (χ4v) is 4.63. The first-order valence-electron chi connectivity index (χ1n) is 10.1. The lowest BCUT2D eigenvalue weighted by atomic mass is 9.69. The van der Waals surface area contributed by atoms with Crippen LogP contribution in [0, 0.1) is 23.7 Å². The van der Waals surface area contributed by atoms with E-state index in [4.69, 9.17) is 4.74 Å². The summed E-state index contributed by atoms with van der Waals surface area (Å²) in [4.78, 5) is 11.5. The molecule has 0 saturated heterocycles. The summed E-state index contributed by atoms with van der Waals surface area (Å²) in [5, 5.41) is 0. The van der Waals surface area contributed by atoms with Crippen LogP contribution in [0.3, 0.4) is 0 Å². The van der Waals surface area contributed by atoms with Gasteiger partial charge in [0.15, 0.2) is 0 Å². The number of hydrogen-bond acceptors (Lipinski definition) is 2. The van der Waals surface area contributed by atoms with Crippen LogP contribution in [0.2, 0.25) is 0 Å². The molecule has 0 bridgehead atoms. The molecule has 0 aromatic rings. The first-order chi connectivity index (χ1) is 11.2. The number of esters is 1. The predicted molar refractivity (Wildman–Crippen MR) is 96.2 cm³/mol. The van der Waals surface area contributed by atoms with Gasteiger partial charge in [-0.1, -0.05) is 45.6 Å². The Morgan fingerprint density at radius 1 is 0.913 bits per heavy atom. The van der Waals surface area contributed by atoms with Gasteiger partial charge in [0, 0.05) is 6.08 Å². The number of hydrogen-bond donors (Lipinski definition) is 0. The number of carbonyl (C=O) groups excluding carboxylic acids is 1. The Kier molecular flexibility index (Phi) is 8.19. The highest BCUT2D eigenvalue weighted by atomic mass is 16.5. The predicted octanol–water partition coefficient (Wildman–Crippen LogP) is 5.91. The average molecular weight is 321 g/mol. The number of rotatable bonds is 7. The van der Waals surface area contributed by atoms with Crippen LogP contribution in [0.1, 0.15) is 84.5 Å². The standard InChI is InChI=1S/C21H36O2/c1-3-5-17-6-11-19(12-7-17)20-13-8-18(9-14-20)10-15-21(22)23-16-4-2/h10,15,17-20H,3-9,11-14,16H2,1-2H3. The Hall–Kier alpha value is -0.790. The molecule has 23 heavy (non-hydrogen) atoms. The lowest BCUT2D eigenvalue weighted by Crippen LogP contribution is -2.25. The number of ether oxygens (including phenoxy) is 1. The van der Waals surface area contributed by atoms with Gasteiger partial charge in [-0.05, 0) is 68.6 Å². The summed E-state index contributed by atoms with van der Waals surface area (Å²) in [6.07, 6.45) is 18.6. The third-order valence-corrected chi connectivity index (χ3v) is 6.02. The van der Waals surface area contributed by atoms with Gasteiger partial charge in [0.05, 0.1) is 6.61 Å². The summed E-state index contributed by atoms with van der Waals surface area (Å²) >= 11 is 0. The molecule has 0 aromatic heterocycles. The van der Waals surface area contributed by atoms with Gasteiger partial charge in [-0.3, -0.25) is 0 Å². The van der Waals surface area contributed by atoms with E-state index in [9.17, 15) is 4.79 Å². The molecule has 0 aliphatic heterocycles. The van der Waals surface area contributed by atoms with E-state index in [1.807, 2.05) is 6.92 Å². The number of allylic oxidation sites excluding steroid dienone is 1. The van der Waals surface area contributed by atoms with Crippen molar-refractivity contribution < 1.29 is 9.53 Å². The zero-order valence-electron chi connectivity index (χ0n) is 15.3. The average Bonchev–Trinajstić information content (AvgIpc) is 2.59. The quantitative estimate of drug-likeness (QED) is 0.430. The van der Waals surface area contributed by atoms with Gasteiger partial charge >= 0.3 is 5.97 Å². The first-order valence-corrected chi connectivity index (χ1v) is 10.1. The molecule has 2 rings (SSSR count). The van der Waals surface area contributed by atoms with Gasteiger partial charge in [0.1, 0.15) is 0 Å². The van der Waals surface area contributed by atoms with Crippen molar-refractivity contribution in [3.05, 3.63) is 12.2 Å². The van der Waals surface area contributed by atoms with Crippen molar-refractivity contribution in [1.82, 2.24) is 0 Å². The summed E-state index contributed by atoms with van der Waals surface area (Å²) in [6.45, 7) is 4.88. The van der Waals surface area contributed by atoms with Crippen LogP contribution in [0.15, 0.2) is 12.2 Å². The van der Waals surface area contributed by atoms with E-state index in [0.29, 0.717) is 12.5 Å². The second-order valence-electron chi connectivity index (χ2n) is 7.77. The maximum atomic E-state index is 11.5. The minimum Gasteiger partial charge on any atom is -0.463 e. The zero-order valence-corrected chi connectivity index (χ0v) is 15.3. The van der Waals surface area contributed by atoms with E-state index >= 15 is 0 Å². The topological polar surface area (TPSA) is 26.3 Å². The Morgan fingerprint density at radius 2 is 1.52 bits per heavy atom. The summed E-state index contributed by atoms with van der Waals surface area (Å²) in [5.74, 6) is 3.39. The highest BCUT2D eigenvalue weighted by Gasteiger charge is 2.30. The van der Waals surface area contributed by atoms with Gasteiger partial charge in [-0.2, -0.15) is 0 Å². The van der Waals surface area contributed by atoms with Crippen LogP contribution in [-0.2, 0) is 9.53 Å². The lowest BCUT2D eigenvalue weighted by Gasteiger charge is -2.37. The van der Waals surface area contributed by atoms with Gasteiger partial charge in [0.2, 0.25) is 0 Å². The van der Waals surface area contributed by atoms with Crippen molar-refractivity contribution in [3.63, 3.8) is 0 Å². The highest BCUT2D eigenvalue weighted by Crippen LogP contribution is 2.42. The Balaban J connectivity index is 1.66. The molecule has 0 unspecified atom stereocenters. The van der Waals surface area contributed by atoms with Gasteiger partial charge in [-0.15, -0.1) is 0 Å². The van der Waals surface area contributed by atoms with Crippen LogP contribution < -0.4 is 0 Å². The summed E-state index contributed by atoms with van der Waals surface area (Å²) in [6, 6.07) is 0. The molecule has 0 N–H and O–H groups in total. The fourth-order valence-electron chi connectivity index (χ4n) is 4.63. The summed E-state index contributed by atoms with van der Waals surface area (Å²) < 4.78 is 5.10. The van der Waals surface area contributed by atoms with Gasteiger partial charge in [-0.25, -0.2) is 4.79 Å². The van der Waals surface area contributed by atoms with Crippen molar-refractivity contribution in [3.8, 4) is 0 Å². The van der Waals surface area contributed by atoms with E-state index in [2.05, 4.69) is 13.0 Å². The Morgan fingerprint density at radius 3 is 2.09 bits per heavy atom. The van der Waals surface area contributed by atoms with Crippen molar-refractivity contribution >= 4 is 5.97 Å². The van der Waals surface area contributed by atoms with E-state index in [1.165, 1.54) is 64.2 Å². The van der Waals surface area contributed by atoms with E-state index in [1.54, 1.807) is 6.08 Å². The molecule has 0 heterocycles. The third kappa shape index (κ3) is 6.31. The molecular formula is C21H36O2. The van der Waals surface area contributed by atoms with Crippen LogP contribution in [0.5, 0.6) is 0 Å². The van der Waals surface area contributed by atoms with Gasteiger partial charge in [0.25, 0.3) is 0 Å². The Labute approximate surface area is 143 Å². The minimum atomic E-state index is -0.164. The zero-order chi connectivity index (χ0) is 16.5. The molecule has 0 amide bonds. The molecule has 0 spiro atoms. The fraction of sp³-hybridized carbons (Fsp3) is 0.857. The molecule has 2 saturated carbocycles. The van der Waals surface area contributed by atoms with E-state index in [-0.39, 0.29) is 5.97 Å². The van der Waals surface area contributed by atoms with E-state index in [0.717, 1.165) is 24.2 Å². The van der Waals surface area contributed by atoms with Crippen molar-refractivity contribution in [2.75, 3.05) is 6.61 Å². The molecular weight excluding hydrogens is 284 g/mol. The monoisotopic (exact) mass is 320 g/mol. The second-order valence-corrected chi connectivity index (χ2v) is 7.77. The summed E-state index contributed by atoms with van der Waals surface area (Å²) in [7, 11) is 0. The summed E-state index contributed by atoms with van der Waals surface area (Å²) in [5.41, 5.74) is 0.